The van der Waals surface area contributed by atoms with Gasteiger partial charge in [-0.2, -0.15) is 0 Å². The molecule has 108 valence electrons. The molecule has 6 nitrogen and oxygen atoms in total. The van der Waals surface area contributed by atoms with Crippen LogP contribution < -0.4 is 0 Å². The lowest BCUT2D eigenvalue weighted by Gasteiger charge is -2.26. The molecular weight excluding hydrogens is 268 g/mol. The molecule has 0 amide bonds. The van der Waals surface area contributed by atoms with E-state index in [4.69, 9.17) is 5.11 Å². The fourth-order valence-electron chi connectivity index (χ4n) is 2.47. The van der Waals surface area contributed by atoms with Crippen LogP contribution in [0.25, 0.3) is 6.08 Å². The van der Waals surface area contributed by atoms with Gasteiger partial charge >= 0.3 is 5.97 Å². The normalized spacial score (nSPS) is 15.2. The number of carbonyl (C=O) groups is 1. The molecule has 2 heterocycles. The second-order valence-electron chi connectivity index (χ2n) is 5.07. The molecule has 1 aliphatic heterocycles. The highest BCUT2D eigenvalue weighted by atomic mass is 16.4. The lowest BCUT2D eigenvalue weighted by molar-refractivity contribution is -0.131. The van der Waals surface area contributed by atoms with Gasteiger partial charge in [0.25, 0.3) is 0 Å². The Morgan fingerprint density at radius 2 is 2.29 bits per heavy atom. The Bertz CT molecular complexity index is 678. The van der Waals surface area contributed by atoms with Crippen LogP contribution in [0.1, 0.15) is 17.0 Å². The predicted octanol–water partition coefficient (Wildman–Crippen LogP) is 1.39. The van der Waals surface area contributed by atoms with E-state index in [0.29, 0.717) is 0 Å². The van der Waals surface area contributed by atoms with E-state index in [9.17, 15) is 4.79 Å². The highest BCUT2D eigenvalue weighted by molar-refractivity contribution is 5.85. The van der Waals surface area contributed by atoms with Crippen LogP contribution in [0, 0.1) is 0 Å². The standard InChI is InChI=1S/C15H16N4O2/c20-15(21)5-4-12-2-1-3-13(8-12)9-18-6-7-19-11-16-17-14(19)10-18/h1-5,8,11H,6-7,9-10H2,(H,20,21). The minimum atomic E-state index is -0.934. The molecule has 6 heteroatoms. The van der Waals surface area contributed by atoms with Gasteiger partial charge in [-0.05, 0) is 17.2 Å². The van der Waals surface area contributed by atoms with Crippen molar-refractivity contribution in [1.82, 2.24) is 19.7 Å². The lowest BCUT2D eigenvalue weighted by Crippen LogP contribution is -2.33. The van der Waals surface area contributed by atoms with Crippen molar-refractivity contribution < 1.29 is 9.90 Å². The van der Waals surface area contributed by atoms with Gasteiger partial charge < -0.3 is 9.67 Å². The van der Waals surface area contributed by atoms with Gasteiger partial charge in [-0.15, -0.1) is 10.2 Å². The Kier molecular flexibility index (Phi) is 3.79. The number of nitrogens with zero attached hydrogens (tertiary/aromatic N) is 4. The topological polar surface area (TPSA) is 71.2 Å². The summed E-state index contributed by atoms with van der Waals surface area (Å²) >= 11 is 0. The first-order valence-electron chi connectivity index (χ1n) is 6.80. The highest BCUT2D eigenvalue weighted by Crippen LogP contribution is 2.14. The van der Waals surface area contributed by atoms with Crippen molar-refractivity contribution in [3.63, 3.8) is 0 Å². The summed E-state index contributed by atoms with van der Waals surface area (Å²) in [6.45, 7) is 3.47. The molecule has 1 N–H and O–H groups in total. The van der Waals surface area contributed by atoms with Gasteiger partial charge in [-0.3, -0.25) is 4.90 Å². The highest BCUT2D eigenvalue weighted by Gasteiger charge is 2.17. The number of carboxylic acids is 1. The molecule has 1 aliphatic rings. The number of aromatic nitrogens is 3. The number of hydrogen-bond donors (Lipinski definition) is 1. The summed E-state index contributed by atoms with van der Waals surface area (Å²) in [4.78, 5) is 12.9. The van der Waals surface area contributed by atoms with Gasteiger partial charge in [-0.25, -0.2) is 4.79 Å². The minimum Gasteiger partial charge on any atom is -0.478 e. The number of fused-ring (bicyclic) bond motifs is 1. The van der Waals surface area contributed by atoms with Crippen molar-refractivity contribution in [2.75, 3.05) is 6.54 Å². The fraction of sp³-hybridized carbons (Fsp3) is 0.267. The summed E-state index contributed by atoms with van der Waals surface area (Å²) in [5.74, 6) is 0.0546. The molecule has 0 radical (unpaired) electrons. The maximum absolute atomic E-state index is 10.6. The monoisotopic (exact) mass is 284 g/mol. The summed E-state index contributed by atoms with van der Waals surface area (Å²) in [5.41, 5.74) is 2.06. The number of carboxylic acid groups (broad SMARTS) is 1. The van der Waals surface area contributed by atoms with E-state index < -0.39 is 5.97 Å². The van der Waals surface area contributed by atoms with E-state index in [0.717, 1.165) is 49.2 Å². The third kappa shape index (κ3) is 3.35. The van der Waals surface area contributed by atoms with Crippen molar-refractivity contribution in [2.24, 2.45) is 0 Å². The first-order valence-corrected chi connectivity index (χ1v) is 6.80. The molecule has 21 heavy (non-hydrogen) atoms. The van der Waals surface area contributed by atoms with Gasteiger partial charge in [0.15, 0.2) is 0 Å². The first-order chi connectivity index (χ1) is 10.2. The molecule has 1 aromatic heterocycles. The summed E-state index contributed by atoms with van der Waals surface area (Å²) in [6, 6.07) is 7.91. The molecule has 1 aromatic carbocycles. The van der Waals surface area contributed by atoms with Crippen molar-refractivity contribution in [2.45, 2.75) is 19.6 Å². The number of hydrogen-bond acceptors (Lipinski definition) is 4. The minimum absolute atomic E-state index is 0.787. The second-order valence-corrected chi connectivity index (χ2v) is 5.07. The van der Waals surface area contributed by atoms with E-state index in [-0.39, 0.29) is 0 Å². The predicted molar refractivity (Wildman–Crippen MR) is 77.2 cm³/mol. The smallest absolute Gasteiger partial charge is 0.328 e. The van der Waals surface area contributed by atoms with Gasteiger partial charge in [0.05, 0.1) is 6.54 Å². The largest absolute Gasteiger partial charge is 0.478 e. The zero-order valence-corrected chi connectivity index (χ0v) is 11.5. The first kappa shape index (κ1) is 13.5. The van der Waals surface area contributed by atoms with Crippen LogP contribution in [0.15, 0.2) is 36.7 Å². The molecule has 0 atom stereocenters. The van der Waals surface area contributed by atoms with Gasteiger partial charge in [0.1, 0.15) is 12.2 Å². The van der Waals surface area contributed by atoms with E-state index in [1.165, 1.54) is 0 Å². The number of benzene rings is 1. The van der Waals surface area contributed by atoms with Gasteiger partial charge in [0.2, 0.25) is 0 Å². The molecule has 2 aromatic rings. The Balaban J connectivity index is 1.68. The van der Waals surface area contributed by atoms with Crippen molar-refractivity contribution in [1.29, 1.82) is 0 Å². The summed E-state index contributed by atoms with van der Waals surface area (Å²) in [6.07, 6.45) is 4.53. The van der Waals surface area contributed by atoms with Gasteiger partial charge in [-0.1, -0.05) is 24.3 Å². The third-order valence-electron chi connectivity index (χ3n) is 3.49. The lowest BCUT2D eigenvalue weighted by atomic mass is 10.1. The Morgan fingerprint density at radius 1 is 1.38 bits per heavy atom. The quantitative estimate of drug-likeness (QED) is 0.859. The van der Waals surface area contributed by atoms with Crippen LogP contribution in [0.3, 0.4) is 0 Å². The van der Waals surface area contributed by atoms with Crippen LogP contribution in [0.5, 0.6) is 0 Å². The Labute approximate surface area is 122 Å². The molecule has 0 aliphatic carbocycles. The molecule has 0 bridgehead atoms. The Hall–Kier alpha value is -2.47. The van der Waals surface area contributed by atoms with Crippen LogP contribution >= 0.6 is 0 Å². The number of aliphatic carboxylic acids is 1. The van der Waals surface area contributed by atoms with Crippen molar-refractivity contribution >= 4 is 12.0 Å². The summed E-state index contributed by atoms with van der Waals surface area (Å²) < 4.78 is 2.07. The maximum atomic E-state index is 10.6. The van der Waals surface area contributed by atoms with Crippen molar-refractivity contribution in [3.8, 4) is 0 Å². The van der Waals surface area contributed by atoms with Crippen LogP contribution in [-0.2, 0) is 24.4 Å². The molecule has 0 fully saturated rings. The third-order valence-corrected chi connectivity index (χ3v) is 3.49. The summed E-state index contributed by atoms with van der Waals surface area (Å²) in [7, 11) is 0. The van der Waals surface area contributed by atoms with E-state index >= 15 is 0 Å². The average molecular weight is 284 g/mol. The number of rotatable bonds is 4. The molecule has 3 rings (SSSR count). The maximum Gasteiger partial charge on any atom is 0.328 e. The van der Waals surface area contributed by atoms with E-state index in [2.05, 4.69) is 25.7 Å². The van der Waals surface area contributed by atoms with E-state index in [1.807, 2.05) is 18.2 Å². The zero-order chi connectivity index (χ0) is 14.7. The average Bonchev–Trinajstić information content (AvgIpc) is 2.93. The van der Waals surface area contributed by atoms with Gasteiger partial charge in [0, 0.05) is 25.7 Å². The Morgan fingerprint density at radius 3 is 3.14 bits per heavy atom. The molecule has 0 saturated carbocycles. The molecule has 0 saturated heterocycles. The zero-order valence-electron chi connectivity index (χ0n) is 11.5. The van der Waals surface area contributed by atoms with Crippen LogP contribution in [-0.4, -0.2) is 37.3 Å². The molecule has 0 spiro atoms. The van der Waals surface area contributed by atoms with Crippen LogP contribution in [0.2, 0.25) is 0 Å². The fourth-order valence-corrected chi connectivity index (χ4v) is 2.47. The SMILES string of the molecule is O=C(O)C=Cc1cccc(CN2CCn3cnnc3C2)c1. The van der Waals surface area contributed by atoms with Crippen molar-refractivity contribution in [3.05, 3.63) is 53.6 Å². The van der Waals surface area contributed by atoms with E-state index in [1.54, 1.807) is 12.4 Å². The van der Waals surface area contributed by atoms with Crippen LogP contribution in [0.4, 0.5) is 0 Å². The second kappa shape index (κ2) is 5.88. The molecular formula is C15H16N4O2. The molecule has 0 unspecified atom stereocenters. The summed E-state index contributed by atoms with van der Waals surface area (Å²) in [5, 5.41) is 16.7.